The van der Waals surface area contributed by atoms with E-state index in [-0.39, 0.29) is 19.1 Å². The van der Waals surface area contributed by atoms with E-state index in [0.717, 1.165) is 26.4 Å². The number of hydrogen-bond donors (Lipinski definition) is 3. The van der Waals surface area contributed by atoms with Gasteiger partial charge in [0, 0.05) is 10.0 Å². The van der Waals surface area contributed by atoms with Crippen molar-refractivity contribution in [1.82, 2.24) is 5.32 Å². The summed E-state index contributed by atoms with van der Waals surface area (Å²) < 4.78 is 12.5. The fraction of sp³-hybridized carbons (Fsp3) is 0.308. The van der Waals surface area contributed by atoms with Crippen molar-refractivity contribution >= 4 is 44.2 Å². The number of rotatable bonds is 6. The molecule has 0 spiro atoms. The fourth-order valence-corrected chi connectivity index (χ4v) is 4.42. The largest absolute Gasteiger partial charge is 0.496 e. The molecule has 0 fully saturated rings. The minimum atomic E-state index is -1.16. The van der Waals surface area contributed by atoms with Crippen molar-refractivity contribution in [2.24, 2.45) is 5.73 Å². The number of amides is 2. The number of carbonyl (C=O) groups is 2. The van der Waals surface area contributed by atoms with E-state index >= 15 is 0 Å². The number of methoxy groups -OCH3 is 1. The Balaban J connectivity index is 1.74. The van der Waals surface area contributed by atoms with E-state index in [9.17, 15) is 14.7 Å². The highest BCUT2D eigenvalue weighted by molar-refractivity contribution is 9.10. The van der Waals surface area contributed by atoms with Gasteiger partial charge in [-0.05, 0) is 66.6 Å². The number of aliphatic hydroxyl groups excluding tert-OH is 1. The molecule has 35 heavy (non-hydrogen) atoms. The van der Waals surface area contributed by atoms with Crippen molar-refractivity contribution < 1.29 is 24.2 Å². The van der Waals surface area contributed by atoms with Crippen LogP contribution in [0.25, 0.3) is 10.8 Å². The molecule has 4 rings (SSSR count). The maximum absolute atomic E-state index is 13.7. The molecule has 0 saturated carbocycles. The van der Waals surface area contributed by atoms with Crippen LogP contribution in [0.5, 0.6) is 11.5 Å². The van der Waals surface area contributed by atoms with Gasteiger partial charge in [0.25, 0.3) is 5.91 Å². The lowest BCUT2D eigenvalue weighted by Gasteiger charge is -2.26. The van der Waals surface area contributed by atoms with Gasteiger partial charge in [-0.3, -0.25) is 9.59 Å². The first-order chi connectivity index (χ1) is 16.7. The Morgan fingerprint density at radius 3 is 2.74 bits per heavy atom. The van der Waals surface area contributed by atoms with Gasteiger partial charge >= 0.3 is 0 Å². The van der Waals surface area contributed by atoms with E-state index in [1.807, 2.05) is 55.5 Å². The number of carbonyl (C=O) groups excluding carboxylic acids is 2. The lowest BCUT2D eigenvalue weighted by molar-refractivity contribution is -0.130. The number of nitrogens with zero attached hydrogens (tertiary/aromatic N) is 1. The van der Waals surface area contributed by atoms with E-state index in [4.69, 9.17) is 15.2 Å². The molecule has 0 bridgehead atoms. The summed E-state index contributed by atoms with van der Waals surface area (Å²) >= 11 is 3.51. The molecule has 3 aromatic carbocycles. The smallest absolute Gasteiger partial charge is 0.253 e. The Kier molecular flexibility index (Phi) is 7.30. The van der Waals surface area contributed by atoms with Crippen molar-refractivity contribution in [2.45, 2.75) is 38.6 Å². The molecule has 1 aliphatic rings. The van der Waals surface area contributed by atoms with Crippen LogP contribution < -0.4 is 25.4 Å². The van der Waals surface area contributed by atoms with Gasteiger partial charge < -0.3 is 30.5 Å². The number of anilines is 1. The third-order valence-corrected chi connectivity index (χ3v) is 6.54. The SMILES string of the molecule is COc1cc2ccc(Br)cc2cc1CN1C(=O)C(NC(=O)[C@@H](N)[C@@H](C)O)COc2cc(C)ccc21. The summed E-state index contributed by atoms with van der Waals surface area (Å²) in [6, 6.07) is 13.3. The van der Waals surface area contributed by atoms with Crippen LogP contribution in [0.15, 0.2) is 53.0 Å². The Bertz CT molecular complexity index is 1280. The molecule has 0 aromatic heterocycles. The number of aliphatic hydroxyl groups is 1. The lowest BCUT2D eigenvalue weighted by atomic mass is 10.0. The lowest BCUT2D eigenvalue weighted by Crippen LogP contribution is -2.56. The van der Waals surface area contributed by atoms with Crippen LogP contribution in [0.2, 0.25) is 0 Å². The van der Waals surface area contributed by atoms with Crippen LogP contribution in [0.4, 0.5) is 5.69 Å². The standard InChI is InChI=1S/C26H28BrN3O5/c1-14-4-7-21-23(8-14)35-13-20(29-25(32)24(28)15(2)31)26(33)30(21)12-18-9-17-10-19(27)6-5-16(17)11-22(18)34-3/h4-11,15,20,24,31H,12-13,28H2,1-3H3,(H,29,32)/t15-,20?,24+/m1/s1. The maximum atomic E-state index is 13.7. The summed E-state index contributed by atoms with van der Waals surface area (Å²) in [5.41, 5.74) is 8.14. The zero-order valence-corrected chi connectivity index (χ0v) is 21.3. The van der Waals surface area contributed by atoms with Crippen LogP contribution in [-0.4, -0.2) is 48.8 Å². The fourth-order valence-electron chi connectivity index (χ4n) is 4.04. The third-order valence-electron chi connectivity index (χ3n) is 6.04. The second kappa shape index (κ2) is 10.2. The quantitative estimate of drug-likeness (QED) is 0.442. The van der Waals surface area contributed by atoms with Gasteiger partial charge in [0.2, 0.25) is 5.91 Å². The molecule has 8 nitrogen and oxygen atoms in total. The van der Waals surface area contributed by atoms with Crippen molar-refractivity contribution in [3.8, 4) is 11.5 Å². The predicted molar refractivity (Wildman–Crippen MR) is 138 cm³/mol. The number of aryl methyl sites for hydroxylation is 1. The van der Waals surface area contributed by atoms with E-state index in [1.165, 1.54) is 6.92 Å². The van der Waals surface area contributed by atoms with Crippen LogP contribution >= 0.6 is 15.9 Å². The number of hydrogen-bond acceptors (Lipinski definition) is 6. The molecular weight excluding hydrogens is 514 g/mol. The van der Waals surface area contributed by atoms with Crippen molar-refractivity contribution in [2.75, 3.05) is 18.6 Å². The Hall–Kier alpha value is -3.14. The summed E-state index contributed by atoms with van der Waals surface area (Å²) in [6.07, 6.45) is -1.06. The molecule has 3 atom stereocenters. The molecule has 2 amide bonds. The van der Waals surface area contributed by atoms with Crippen molar-refractivity contribution in [3.05, 3.63) is 64.1 Å². The van der Waals surface area contributed by atoms with Gasteiger partial charge in [0.05, 0.1) is 25.4 Å². The number of halogens is 1. The molecular formula is C26H28BrN3O5. The monoisotopic (exact) mass is 541 g/mol. The van der Waals surface area contributed by atoms with Crippen LogP contribution in [0.1, 0.15) is 18.1 Å². The second-order valence-corrected chi connectivity index (χ2v) is 9.61. The van der Waals surface area contributed by atoms with Crippen LogP contribution in [0.3, 0.4) is 0 Å². The molecule has 0 aliphatic carbocycles. The first-order valence-corrected chi connectivity index (χ1v) is 12.0. The highest BCUT2D eigenvalue weighted by Gasteiger charge is 2.34. The molecule has 3 aromatic rings. The zero-order chi connectivity index (χ0) is 25.3. The summed E-state index contributed by atoms with van der Waals surface area (Å²) in [7, 11) is 1.59. The first kappa shape index (κ1) is 25.0. The van der Waals surface area contributed by atoms with Gasteiger partial charge in [-0.2, -0.15) is 0 Å². The summed E-state index contributed by atoms with van der Waals surface area (Å²) in [6.45, 7) is 3.49. The Labute approximate surface area is 212 Å². The number of nitrogens with two attached hydrogens (primary N) is 1. The summed E-state index contributed by atoms with van der Waals surface area (Å²) in [5, 5.41) is 14.3. The maximum Gasteiger partial charge on any atom is 0.253 e. The Morgan fingerprint density at radius 2 is 2.03 bits per heavy atom. The van der Waals surface area contributed by atoms with E-state index < -0.39 is 24.1 Å². The average Bonchev–Trinajstić information content (AvgIpc) is 2.94. The zero-order valence-electron chi connectivity index (χ0n) is 19.7. The minimum absolute atomic E-state index is 0.0636. The van der Waals surface area contributed by atoms with Gasteiger partial charge in [0.15, 0.2) is 0 Å². The molecule has 9 heteroatoms. The van der Waals surface area contributed by atoms with Gasteiger partial charge in [-0.15, -0.1) is 0 Å². The highest BCUT2D eigenvalue weighted by atomic mass is 79.9. The highest BCUT2D eigenvalue weighted by Crippen LogP contribution is 2.36. The minimum Gasteiger partial charge on any atom is -0.496 e. The number of fused-ring (bicyclic) bond motifs is 2. The summed E-state index contributed by atoms with van der Waals surface area (Å²) in [5.74, 6) is 0.202. The van der Waals surface area contributed by atoms with Crippen molar-refractivity contribution in [3.63, 3.8) is 0 Å². The molecule has 4 N–H and O–H groups in total. The van der Waals surface area contributed by atoms with Crippen LogP contribution in [-0.2, 0) is 16.1 Å². The molecule has 184 valence electrons. The molecule has 1 heterocycles. The predicted octanol–water partition coefficient (Wildman–Crippen LogP) is 3.04. The number of ether oxygens (including phenoxy) is 2. The van der Waals surface area contributed by atoms with E-state index in [1.54, 1.807) is 12.0 Å². The van der Waals surface area contributed by atoms with E-state index in [0.29, 0.717) is 17.2 Å². The molecule has 0 saturated heterocycles. The molecule has 0 radical (unpaired) electrons. The van der Waals surface area contributed by atoms with Gasteiger partial charge in [0.1, 0.15) is 30.2 Å². The third kappa shape index (κ3) is 5.27. The average molecular weight is 542 g/mol. The Morgan fingerprint density at radius 1 is 1.26 bits per heavy atom. The van der Waals surface area contributed by atoms with Gasteiger partial charge in [-0.1, -0.05) is 28.1 Å². The van der Waals surface area contributed by atoms with Crippen LogP contribution in [0, 0.1) is 6.92 Å². The number of benzene rings is 3. The normalized spacial score (nSPS) is 17.3. The van der Waals surface area contributed by atoms with Gasteiger partial charge in [-0.25, -0.2) is 0 Å². The first-order valence-electron chi connectivity index (χ1n) is 11.2. The topological polar surface area (TPSA) is 114 Å². The molecule has 1 unspecified atom stereocenters. The van der Waals surface area contributed by atoms with E-state index in [2.05, 4.69) is 21.2 Å². The number of nitrogens with one attached hydrogen (secondary N) is 1. The second-order valence-electron chi connectivity index (χ2n) is 8.69. The molecule has 1 aliphatic heterocycles. The van der Waals surface area contributed by atoms with Crippen molar-refractivity contribution in [1.29, 1.82) is 0 Å². The summed E-state index contributed by atoms with van der Waals surface area (Å²) in [4.78, 5) is 27.8.